The molecule has 3 aromatic carbocycles. The van der Waals surface area contributed by atoms with Gasteiger partial charge < -0.3 is 5.32 Å². The molecule has 0 bridgehead atoms. The van der Waals surface area contributed by atoms with Crippen LogP contribution in [-0.2, 0) is 21.2 Å². The molecule has 1 amide bonds. The van der Waals surface area contributed by atoms with Crippen molar-refractivity contribution in [3.05, 3.63) is 78.1 Å². The average molecular weight is 441 g/mol. The summed E-state index contributed by atoms with van der Waals surface area (Å²) in [6.07, 6.45) is 1.62. The van der Waals surface area contributed by atoms with Gasteiger partial charge in [0, 0.05) is 25.6 Å². The van der Waals surface area contributed by atoms with Gasteiger partial charge in [0.05, 0.1) is 4.90 Å². The van der Waals surface area contributed by atoms with Crippen LogP contribution < -0.4 is 5.32 Å². The van der Waals surface area contributed by atoms with Crippen LogP contribution in [0.15, 0.2) is 71.6 Å². The van der Waals surface area contributed by atoms with Crippen molar-refractivity contribution in [2.45, 2.75) is 24.2 Å². The third-order valence-corrected chi connectivity index (χ3v) is 7.70. The second kappa shape index (κ2) is 9.16. The Hall–Kier alpha value is -2.77. The summed E-state index contributed by atoms with van der Waals surface area (Å²) in [7, 11) is -3.59. The summed E-state index contributed by atoms with van der Waals surface area (Å²) in [6.45, 7) is 1.12. The quantitative estimate of drug-likeness (QED) is 0.635. The highest BCUT2D eigenvalue weighted by Crippen LogP contribution is 2.26. The highest BCUT2D eigenvalue weighted by Gasteiger charge is 2.32. The lowest BCUT2D eigenvalue weighted by Crippen LogP contribution is -2.43. The van der Waals surface area contributed by atoms with E-state index in [0.717, 1.165) is 16.3 Å². The minimum atomic E-state index is -3.59. The maximum absolute atomic E-state index is 13.1. The molecule has 1 N–H and O–H groups in total. The fourth-order valence-electron chi connectivity index (χ4n) is 3.96. The lowest BCUT2D eigenvalue weighted by atomic mass is 9.97. The zero-order chi connectivity index (χ0) is 21.8. The van der Waals surface area contributed by atoms with Crippen molar-refractivity contribution >= 4 is 26.7 Å². The number of nitrogens with one attached hydrogen (secondary N) is 1. The number of carbonyl (C=O) groups excluding carboxylic acids is 1. The van der Waals surface area contributed by atoms with Crippen molar-refractivity contribution in [3.8, 4) is 0 Å². The molecular weight excluding hydrogens is 415 g/mol. The second-order valence-corrected chi connectivity index (χ2v) is 9.79. The lowest BCUT2D eigenvalue weighted by molar-refractivity contribution is -0.126. The van der Waals surface area contributed by atoms with Gasteiger partial charge in [-0.15, -0.1) is 0 Å². The molecule has 1 heterocycles. The fourth-order valence-corrected chi connectivity index (χ4v) is 5.47. The number of amides is 1. The summed E-state index contributed by atoms with van der Waals surface area (Å²) in [4.78, 5) is 12.8. The molecule has 0 radical (unpaired) electrons. The van der Waals surface area contributed by atoms with Gasteiger partial charge >= 0.3 is 0 Å². The number of piperidine rings is 1. The third kappa shape index (κ3) is 4.94. The summed E-state index contributed by atoms with van der Waals surface area (Å²) >= 11 is 0. The Morgan fingerprint density at radius 3 is 2.35 bits per heavy atom. The normalized spacial score (nSPS) is 15.8. The van der Waals surface area contributed by atoms with E-state index < -0.39 is 10.0 Å². The van der Waals surface area contributed by atoms with Gasteiger partial charge in [0.15, 0.2) is 0 Å². The molecule has 0 saturated carbocycles. The Balaban J connectivity index is 1.31. The topological polar surface area (TPSA) is 66.5 Å². The van der Waals surface area contributed by atoms with E-state index in [9.17, 15) is 17.6 Å². The van der Waals surface area contributed by atoms with Crippen LogP contribution in [0.3, 0.4) is 0 Å². The zero-order valence-electron chi connectivity index (χ0n) is 17.1. The first-order valence-corrected chi connectivity index (χ1v) is 11.9. The van der Waals surface area contributed by atoms with Gasteiger partial charge in [-0.25, -0.2) is 12.8 Å². The van der Waals surface area contributed by atoms with Crippen LogP contribution >= 0.6 is 0 Å². The zero-order valence-corrected chi connectivity index (χ0v) is 17.9. The Morgan fingerprint density at radius 1 is 0.968 bits per heavy atom. The molecule has 0 spiro atoms. The molecule has 3 aromatic rings. The van der Waals surface area contributed by atoms with E-state index in [1.54, 1.807) is 24.3 Å². The Bertz CT molecular complexity index is 1170. The number of hydrogen-bond acceptors (Lipinski definition) is 3. The maximum atomic E-state index is 13.1. The van der Waals surface area contributed by atoms with Gasteiger partial charge in [0.1, 0.15) is 5.82 Å². The van der Waals surface area contributed by atoms with Crippen molar-refractivity contribution < 1.29 is 17.6 Å². The summed E-state index contributed by atoms with van der Waals surface area (Å²) in [6, 6.07) is 19.1. The van der Waals surface area contributed by atoms with Gasteiger partial charge in [0.2, 0.25) is 15.9 Å². The highest BCUT2D eigenvalue weighted by molar-refractivity contribution is 7.89. The molecule has 1 fully saturated rings. The molecule has 0 aliphatic carbocycles. The third-order valence-electron chi connectivity index (χ3n) is 5.81. The molecule has 0 unspecified atom stereocenters. The van der Waals surface area contributed by atoms with Crippen molar-refractivity contribution in [2.75, 3.05) is 19.6 Å². The summed E-state index contributed by atoms with van der Waals surface area (Å²) in [5.74, 6) is -0.528. The number of rotatable bonds is 6. The minimum Gasteiger partial charge on any atom is -0.356 e. The molecule has 0 aromatic heterocycles. The van der Waals surface area contributed by atoms with Gasteiger partial charge in [-0.05, 0) is 59.9 Å². The fraction of sp³-hybridized carbons (Fsp3) is 0.292. The molecule has 0 atom stereocenters. The molecule has 5 nitrogen and oxygen atoms in total. The van der Waals surface area contributed by atoms with Gasteiger partial charge in [-0.1, -0.05) is 42.5 Å². The molecular formula is C24H25FN2O3S. The van der Waals surface area contributed by atoms with E-state index in [1.807, 2.05) is 30.3 Å². The van der Waals surface area contributed by atoms with E-state index in [0.29, 0.717) is 38.9 Å². The number of hydrogen-bond donors (Lipinski definition) is 1. The first kappa shape index (κ1) is 21.5. The molecule has 4 rings (SSSR count). The number of nitrogens with zero attached hydrogens (tertiary/aromatic N) is 1. The van der Waals surface area contributed by atoms with E-state index in [2.05, 4.69) is 5.32 Å². The Morgan fingerprint density at radius 2 is 1.65 bits per heavy atom. The number of fused-ring (bicyclic) bond motifs is 1. The van der Waals surface area contributed by atoms with Gasteiger partial charge in [-0.2, -0.15) is 4.31 Å². The van der Waals surface area contributed by atoms with Crippen LogP contribution in [0.5, 0.6) is 0 Å². The molecule has 1 aliphatic heterocycles. The standard InChI is InChI=1S/C24H25FN2O3S/c25-22-8-5-18(6-9-22)11-14-26-24(28)20-12-15-27(16-13-20)31(29,30)23-10-7-19-3-1-2-4-21(19)17-23/h1-10,17,20H,11-16H2,(H,26,28). The monoisotopic (exact) mass is 440 g/mol. The number of benzene rings is 3. The molecule has 162 valence electrons. The number of carbonyl (C=O) groups is 1. The van der Waals surface area contributed by atoms with E-state index in [-0.39, 0.29) is 22.5 Å². The van der Waals surface area contributed by atoms with E-state index >= 15 is 0 Å². The molecule has 31 heavy (non-hydrogen) atoms. The van der Waals surface area contributed by atoms with Crippen LogP contribution in [0, 0.1) is 11.7 Å². The summed E-state index contributed by atoms with van der Waals surface area (Å²) < 4.78 is 40.5. The van der Waals surface area contributed by atoms with Crippen LogP contribution in [0.25, 0.3) is 10.8 Å². The highest BCUT2D eigenvalue weighted by atomic mass is 32.2. The molecule has 1 saturated heterocycles. The average Bonchev–Trinajstić information content (AvgIpc) is 2.80. The molecule has 1 aliphatic rings. The first-order chi connectivity index (χ1) is 14.9. The Kier molecular flexibility index (Phi) is 6.34. The molecule has 7 heteroatoms. The van der Waals surface area contributed by atoms with E-state index in [1.165, 1.54) is 16.4 Å². The van der Waals surface area contributed by atoms with Crippen LogP contribution in [-0.4, -0.2) is 38.3 Å². The smallest absolute Gasteiger partial charge is 0.243 e. The van der Waals surface area contributed by atoms with Crippen molar-refractivity contribution in [1.82, 2.24) is 9.62 Å². The SMILES string of the molecule is O=C(NCCc1ccc(F)cc1)C1CCN(S(=O)(=O)c2ccc3ccccc3c2)CC1. The number of sulfonamides is 1. The first-order valence-electron chi connectivity index (χ1n) is 10.4. The van der Waals surface area contributed by atoms with Crippen LogP contribution in [0.2, 0.25) is 0 Å². The lowest BCUT2D eigenvalue weighted by Gasteiger charge is -2.30. The van der Waals surface area contributed by atoms with Gasteiger partial charge in [-0.3, -0.25) is 4.79 Å². The summed E-state index contributed by atoms with van der Waals surface area (Å²) in [5, 5.41) is 4.81. The maximum Gasteiger partial charge on any atom is 0.243 e. The Labute approximate surface area is 181 Å². The van der Waals surface area contributed by atoms with E-state index in [4.69, 9.17) is 0 Å². The predicted octanol–water partition coefficient (Wildman–Crippen LogP) is 3.74. The number of halogens is 1. The van der Waals surface area contributed by atoms with Crippen LogP contribution in [0.4, 0.5) is 4.39 Å². The summed E-state index contributed by atoms with van der Waals surface area (Å²) in [5.41, 5.74) is 0.956. The second-order valence-electron chi connectivity index (χ2n) is 7.85. The van der Waals surface area contributed by atoms with Crippen molar-refractivity contribution in [3.63, 3.8) is 0 Å². The van der Waals surface area contributed by atoms with Crippen molar-refractivity contribution in [2.24, 2.45) is 5.92 Å². The van der Waals surface area contributed by atoms with Crippen LogP contribution in [0.1, 0.15) is 18.4 Å². The predicted molar refractivity (Wildman–Crippen MR) is 119 cm³/mol. The minimum absolute atomic E-state index is 0.0511. The van der Waals surface area contributed by atoms with Crippen molar-refractivity contribution in [1.29, 1.82) is 0 Å². The largest absolute Gasteiger partial charge is 0.356 e. The van der Waals surface area contributed by atoms with Gasteiger partial charge in [0.25, 0.3) is 0 Å².